The largest absolute Gasteiger partial charge is 1.00 e. The van der Waals surface area contributed by atoms with E-state index in [-0.39, 0.29) is 37.2 Å². The molecule has 11 heteroatoms. The molecule has 0 saturated carbocycles. The molecule has 0 unspecified atom stereocenters. The van der Waals surface area contributed by atoms with Gasteiger partial charge in [0.1, 0.15) is 5.69 Å². The molecule has 1 aliphatic heterocycles. The van der Waals surface area contributed by atoms with E-state index in [2.05, 4.69) is 32.2 Å². The monoisotopic (exact) mass is 471 g/mol. The van der Waals surface area contributed by atoms with Crippen LogP contribution in [0, 0.1) is 6.92 Å². The van der Waals surface area contributed by atoms with Crippen molar-refractivity contribution < 1.29 is 44.3 Å². The Morgan fingerprint density at radius 1 is 1.20 bits per heavy atom. The summed E-state index contributed by atoms with van der Waals surface area (Å²) in [4.78, 5) is 24.7. The molecule has 30 heavy (non-hydrogen) atoms. The van der Waals surface area contributed by atoms with Crippen molar-refractivity contribution >= 4 is 17.7 Å². The van der Waals surface area contributed by atoms with Gasteiger partial charge in [-0.25, -0.2) is 15.0 Å². The van der Waals surface area contributed by atoms with Gasteiger partial charge in [0.25, 0.3) is 0 Å². The Morgan fingerprint density at radius 2 is 2.03 bits per heavy atom. The molecule has 0 spiro atoms. The Kier molecular flexibility index (Phi) is 8.88. The van der Waals surface area contributed by atoms with E-state index in [1.807, 2.05) is 36.3 Å². The number of anilines is 1. The standard InChI is InChI=1S/C19H21N5O3S.2ClH/c1-12-15(23-10-22-12)9-28-5-4-20-19-21-8-14(18(25)24-19)6-13-2-3-16-17(7-13)27-11-26-16;;/h2-3,7-8,10H,4-6,9,11H2,1H3,(H,22,23)(H2,20,21,24,25);2*1H. The van der Waals surface area contributed by atoms with E-state index >= 15 is 0 Å². The molecule has 4 rings (SSSR count). The van der Waals surface area contributed by atoms with Crippen LogP contribution in [0.1, 0.15) is 22.5 Å². The smallest absolute Gasteiger partial charge is 0.355 e. The lowest BCUT2D eigenvalue weighted by Gasteiger charge is -2.03. The quantitative estimate of drug-likeness (QED) is 0.286. The number of H-pyrrole nitrogens is 4. The summed E-state index contributed by atoms with van der Waals surface area (Å²) in [7, 11) is 0. The number of aromatic amines is 4. The number of hydrogen-bond donors (Lipinski definition) is 3. The second kappa shape index (κ2) is 11.1. The first-order chi connectivity index (χ1) is 13.7. The van der Waals surface area contributed by atoms with E-state index in [4.69, 9.17) is 9.47 Å². The van der Waals surface area contributed by atoms with Gasteiger partial charge in [0, 0.05) is 19.1 Å². The second-order valence-corrected chi connectivity index (χ2v) is 7.63. The Hall–Kier alpha value is -2.36. The summed E-state index contributed by atoms with van der Waals surface area (Å²) >= 11 is 1.82. The van der Waals surface area contributed by atoms with Crippen LogP contribution >= 0.6 is 11.8 Å². The van der Waals surface area contributed by atoms with Crippen molar-refractivity contribution in [2.45, 2.75) is 19.1 Å². The predicted octanol–water partition coefficient (Wildman–Crippen LogP) is -4.69. The van der Waals surface area contributed by atoms with Crippen molar-refractivity contribution in [3.8, 4) is 11.5 Å². The normalized spacial score (nSPS) is 11.5. The average molecular weight is 472 g/mol. The highest BCUT2D eigenvalue weighted by Gasteiger charge is 2.15. The first-order valence-electron chi connectivity index (χ1n) is 9.07. The highest BCUT2D eigenvalue weighted by atomic mass is 35.5. The van der Waals surface area contributed by atoms with Gasteiger partial charge in [-0.3, -0.25) is 15.1 Å². The molecule has 0 fully saturated rings. The summed E-state index contributed by atoms with van der Waals surface area (Å²) in [5.74, 6) is 3.93. The third-order valence-corrected chi connectivity index (χ3v) is 5.52. The molecule has 0 atom stereocenters. The van der Waals surface area contributed by atoms with Crippen molar-refractivity contribution in [3.05, 3.63) is 63.6 Å². The molecule has 8 nitrogen and oxygen atoms in total. The number of imidazole rings is 1. The Morgan fingerprint density at radius 3 is 2.80 bits per heavy atom. The fourth-order valence-corrected chi connectivity index (χ4v) is 3.85. The van der Waals surface area contributed by atoms with Gasteiger partial charge in [-0.2, -0.15) is 0 Å². The highest BCUT2D eigenvalue weighted by molar-refractivity contribution is 7.98. The van der Waals surface area contributed by atoms with Gasteiger partial charge in [-0.05, 0) is 17.7 Å². The van der Waals surface area contributed by atoms with E-state index in [1.54, 1.807) is 6.20 Å². The number of nitrogens with one attached hydrogen (secondary N) is 5. The summed E-state index contributed by atoms with van der Waals surface area (Å²) in [6, 6.07) is 5.73. The lowest BCUT2D eigenvalue weighted by Crippen LogP contribution is -3.00. The summed E-state index contributed by atoms with van der Waals surface area (Å²) in [5, 5.41) is 3.22. The van der Waals surface area contributed by atoms with Crippen LogP contribution in [0.4, 0.5) is 5.95 Å². The fraction of sp³-hybridized carbons (Fsp3) is 0.316. The number of hydrogen-bond acceptors (Lipinski definition) is 5. The molecule has 0 aliphatic carbocycles. The van der Waals surface area contributed by atoms with Crippen molar-refractivity contribution in [2.75, 3.05) is 24.4 Å². The van der Waals surface area contributed by atoms with Crippen LogP contribution in [0.5, 0.6) is 11.5 Å². The van der Waals surface area contributed by atoms with Crippen LogP contribution in [-0.2, 0) is 12.2 Å². The Balaban J connectivity index is 0.00000160. The molecule has 0 radical (unpaired) electrons. The van der Waals surface area contributed by atoms with E-state index in [9.17, 15) is 4.79 Å². The topological polar surface area (TPSA) is 107 Å². The van der Waals surface area contributed by atoms with Crippen LogP contribution in [0.25, 0.3) is 0 Å². The number of fused-ring (bicyclic) bond motifs is 1. The van der Waals surface area contributed by atoms with Gasteiger partial charge in [0.2, 0.25) is 13.1 Å². The minimum Gasteiger partial charge on any atom is -1.00 e. The van der Waals surface area contributed by atoms with Crippen LogP contribution < -0.4 is 55.1 Å². The summed E-state index contributed by atoms with van der Waals surface area (Å²) in [6.07, 6.45) is 4.11. The molecule has 3 aromatic rings. The molecule has 162 valence electrons. The molecule has 1 aromatic carbocycles. The van der Waals surface area contributed by atoms with Crippen LogP contribution in [0.15, 0.2) is 35.5 Å². The van der Waals surface area contributed by atoms with E-state index in [0.717, 1.165) is 40.8 Å². The van der Waals surface area contributed by atoms with Crippen LogP contribution in [-0.4, -0.2) is 29.1 Å². The fourth-order valence-electron chi connectivity index (χ4n) is 2.95. The number of aromatic nitrogens is 4. The number of ether oxygens (including phenoxy) is 2. The lowest BCUT2D eigenvalue weighted by molar-refractivity contribution is -0.386. The molecule has 2 aromatic heterocycles. The van der Waals surface area contributed by atoms with E-state index in [0.29, 0.717) is 17.9 Å². The zero-order valence-corrected chi connectivity index (χ0v) is 18.6. The number of rotatable bonds is 8. The number of halogens is 2. The molecule has 5 N–H and O–H groups in total. The average Bonchev–Trinajstić information content (AvgIpc) is 3.32. The van der Waals surface area contributed by atoms with Crippen molar-refractivity contribution in [2.24, 2.45) is 0 Å². The van der Waals surface area contributed by atoms with E-state index < -0.39 is 0 Å². The first-order valence-corrected chi connectivity index (χ1v) is 10.2. The van der Waals surface area contributed by atoms with Gasteiger partial charge in [-0.15, -0.1) is 11.8 Å². The molecule has 0 amide bonds. The minimum absolute atomic E-state index is 0. The van der Waals surface area contributed by atoms with Gasteiger partial charge < -0.3 is 34.3 Å². The molecule has 1 aliphatic rings. The van der Waals surface area contributed by atoms with Crippen molar-refractivity contribution in [1.29, 1.82) is 0 Å². The minimum atomic E-state index is -0.107. The Labute approximate surface area is 190 Å². The summed E-state index contributed by atoms with van der Waals surface area (Å²) < 4.78 is 10.7. The molecular formula is C19H23Cl2N5O3S. The second-order valence-electron chi connectivity index (χ2n) is 6.52. The van der Waals surface area contributed by atoms with Gasteiger partial charge in [0.15, 0.2) is 17.2 Å². The molecule has 0 saturated heterocycles. The zero-order chi connectivity index (χ0) is 19.3. The summed E-state index contributed by atoms with van der Waals surface area (Å²) in [6.45, 7) is 3.05. The highest BCUT2D eigenvalue weighted by Crippen LogP contribution is 2.32. The third kappa shape index (κ3) is 5.84. The summed E-state index contributed by atoms with van der Waals surface area (Å²) in [5.41, 5.74) is 3.92. The number of thioether (sulfide) groups is 1. The van der Waals surface area contributed by atoms with Crippen molar-refractivity contribution in [1.82, 2.24) is 9.97 Å². The maximum atomic E-state index is 12.4. The van der Waals surface area contributed by atoms with Crippen LogP contribution in [0.2, 0.25) is 0 Å². The number of benzene rings is 1. The molecular weight excluding hydrogens is 449 g/mol. The van der Waals surface area contributed by atoms with Crippen LogP contribution in [0.3, 0.4) is 0 Å². The SMILES string of the molecule is Cc1[nH]c[nH+]c1CSCCNc1[nH]c(=O)c(Cc2ccc3c(c2)OCO3)c[nH+]1.[Cl-].[Cl-]. The predicted molar refractivity (Wildman–Crippen MR) is 106 cm³/mol. The Bertz CT molecular complexity index is 1030. The molecule has 0 bridgehead atoms. The lowest BCUT2D eigenvalue weighted by atomic mass is 10.1. The van der Waals surface area contributed by atoms with Gasteiger partial charge in [0.05, 0.1) is 24.1 Å². The maximum Gasteiger partial charge on any atom is 0.355 e. The van der Waals surface area contributed by atoms with Crippen molar-refractivity contribution in [3.63, 3.8) is 0 Å². The van der Waals surface area contributed by atoms with Gasteiger partial charge >= 0.3 is 11.5 Å². The maximum absolute atomic E-state index is 12.4. The third-order valence-electron chi connectivity index (χ3n) is 4.53. The molecule has 3 heterocycles. The zero-order valence-electron chi connectivity index (χ0n) is 16.3. The van der Waals surface area contributed by atoms with E-state index in [1.165, 1.54) is 5.69 Å². The van der Waals surface area contributed by atoms with Gasteiger partial charge in [-0.1, -0.05) is 6.07 Å². The first kappa shape index (κ1) is 23.9. The number of aryl methyl sites for hydroxylation is 1.